The van der Waals surface area contributed by atoms with Gasteiger partial charge < -0.3 is 5.32 Å². The Hall–Kier alpha value is -4.15. The first-order valence-electron chi connectivity index (χ1n) is 12.4. The van der Waals surface area contributed by atoms with Crippen LogP contribution in [-0.2, 0) is 4.79 Å². The first-order valence-corrected chi connectivity index (χ1v) is 12.8. The number of hydrogen-bond donors (Lipinski definition) is 1. The average Bonchev–Trinajstić information content (AvgIpc) is 3.08. The van der Waals surface area contributed by atoms with Crippen molar-refractivity contribution in [3.63, 3.8) is 0 Å². The van der Waals surface area contributed by atoms with Crippen molar-refractivity contribution in [2.24, 2.45) is 0 Å². The smallest absolute Gasteiger partial charge is 0.259 e. The van der Waals surface area contributed by atoms with Crippen LogP contribution in [0.5, 0.6) is 0 Å². The first-order chi connectivity index (χ1) is 18.1. The van der Waals surface area contributed by atoms with Gasteiger partial charge in [-0.15, -0.1) is 0 Å². The number of Topliss-reactive ketones (excluding diaryl/α,β-unsaturated/α-hetero) is 1. The standard InChI is InChI=1S/C32H25ClN2O2/c33-25-17-15-21(16-18-25)24-19-27-30(29(36)20-24)31(22-9-3-1-4-10-22)35(28-14-8-7-13-26(28)34-27)32(37)23-11-5-2-6-12-23/h1-18,24,31,34H,19-20H2/t24-,31+/m1/s1. The molecule has 2 atom stereocenters. The van der Waals surface area contributed by atoms with E-state index in [1.165, 1.54) is 0 Å². The lowest BCUT2D eigenvalue weighted by Gasteiger charge is -2.35. The third kappa shape index (κ3) is 4.34. The molecule has 1 N–H and O–H groups in total. The summed E-state index contributed by atoms with van der Waals surface area (Å²) in [5, 5.41) is 4.25. The number of nitrogens with zero attached hydrogens (tertiary/aromatic N) is 1. The number of anilines is 2. The molecule has 37 heavy (non-hydrogen) atoms. The van der Waals surface area contributed by atoms with Gasteiger partial charge >= 0.3 is 0 Å². The monoisotopic (exact) mass is 504 g/mol. The molecule has 0 saturated carbocycles. The van der Waals surface area contributed by atoms with Gasteiger partial charge in [0, 0.05) is 28.3 Å². The molecular weight excluding hydrogens is 480 g/mol. The lowest BCUT2D eigenvalue weighted by Crippen LogP contribution is -2.38. The molecule has 4 nitrogen and oxygen atoms in total. The summed E-state index contributed by atoms with van der Waals surface area (Å²) in [6.45, 7) is 0. The summed E-state index contributed by atoms with van der Waals surface area (Å²) in [4.78, 5) is 29.9. The van der Waals surface area contributed by atoms with Gasteiger partial charge in [-0.3, -0.25) is 14.5 Å². The van der Waals surface area contributed by atoms with Gasteiger partial charge in [0.05, 0.1) is 17.4 Å². The maximum atomic E-state index is 14.1. The van der Waals surface area contributed by atoms with Gasteiger partial charge in [0.1, 0.15) is 0 Å². The molecule has 0 spiro atoms. The Morgan fingerprint density at radius 2 is 1.41 bits per heavy atom. The van der Waals surface area contributed by atoms with Crippen LogP contribution in [0.2, 0.25) is 5.02 Å². The minimum absolute atomic E-state index is 0.0241. The number of carbonyl (C=O) groups excluding carboxylic acids is 2. The fourth-order valence-corrected chi connectivity index (χ4v) is 5.58. The number of rotatable bonds is 3. The molecule has 6 rings (SSSR count). The number of halogens is 1. The molecule has 1 amide bonds. The number of fused-ring (bicyclic) bond motifs is 1. The number of nitrogens with one attached hydrogen (secondary N) is 1. The summed E-state index contributed by atoms with van der Waals surface area (Å²) < 4.78 is 0. The van der Waals surface area contributed by atoms with Crippen LogP contribution >= 0.6 is 11.6 Å². The van der Waals surface area contributed by atoms with Gasteiger partial charge in [-0.25, -0.2) is 0 Å². The van der Waals surface area contributed by atoms with Gasteiger partial charge in [-0.2, -0.15) is 0 Å². The van der Waals surface area contributed by atoms with Gasteiger partial charge in [0.15, 0.2) is 5.78 Å². The maximum absolute atomic E-state index is 14.1. The van der Waals surface area contributed by atoms with E-state index in [-0.39, 0.29) is 17.6 Å². The largest absolute Gasteiger partial charge is 0.357 e. The van der Waals surface area contributed by atoms with Crippen molar-refractivity contribution in [2.75, 3.05) is 10.2 Å². The zero-order valence-corrected chi connectivity index (χ0v) is 20.9. The lowest BCUT2D eigenvalue weighted by atomic mass is 9.78. The highest BCUT2D eigenvalue weighted by Crippen LogP contribution is 2.47. The van der Waals surface area contributed by atoms with Crippen LogP contribution < -0.4 is 10.2 Å². The third-order valence-corrected chi connectivity index (χ3v) is 7.44. The number of hydrogen-bond acceptors (Lipinski definition) is 3. The molecule has 1 aliphatic carbocycles. The van der Waals surface area contributed by atoms with Crippen LogP contribution in [0.15, 0.2) is 120 Å². The van der Waals surface area contributed by atoms with Crippen LogP contribution in [-0.4, -0.2) is 11.7 Å². The molecule has 0 saturated heterocycles. The van der Waals surface area contributed by atoms with E-state index in [4.69, 9.17) is 11.6 Å². The molecule has 0 aromatic heterocycles. The van der Waals surface area contributed by atoms with Crippen LogP contribution in [0.25, 0.3) is 0 Å². The van der Waals surface area contributed by atoms with E-state index < -0.39 is 6.04 Å². The number of ketones is 1. The summed E-state index contributed by atoms with van der Waals surface area (Å²) in [5.74, 6) is -0.0812. The highest BCUT2D eigenvalue weighted by atomic mass is 35.5. The second-order valence-electron chi connectivity index (χ2n) is 9.47. The van der Waals surface area contributed by atoms with Crippen molar-refractivity contribution < 1.29 is 9.59 Å². The maximum Gasteiger partial charge on any atom is 0.259 e. The van der Waals surface area contributed by atoms with Crippen molar-refractivity contribution in [2.45, 2.75) is 24.8 Å². The topological polar surface area (TPSA) is 49.4 Å². The van der Waals surface area contributed by atoms with Crippen molar-refractivity contribution in [3.05, 3.63) is 142 Å². The zero-order valence-electron chi connectivity index (χ0n) is 20.1. The van der Waals surface area contributed by atoms with Crippen molar-refractivity contribution in [3.8, 4) is 0 Å². The van der Waals surface area contributed by atoms with Crippen molar-refractivity contribution in [1.29, 1.82) is 0 Å². The Bertz CT molecular complexity index is 1500. The van der Waals surface area contributed by atoms with E-state index in [1.807, 2.05) is 109 Å². The van der Waals surface area contributed by atoms with Crippen LogP contribution in [0, 0.1) is 0 Å². The Morgan fingerprint density at radius 3 is 2.14 bits per heavy atom. The minimum atomic E-state index is -0.557. The molecule has 1 aliphatic heterocycles. The van der Waals surface area contributed by atoms with Crippen LogP contribution in [0.3, 0.4) is 0 Å². The molecule has 5 heteroatoms. The van der Waals surface area contributed by atoms with E-state index >= 15 is 0 Å². The summed E-state index contributed by atoms with van der Waals surface area (Å²) in [6.07, 6.45) is 1.03. The number of allylic oxidation sites excluding steroid dienone is 1. The summed E-state index contributed by atoms with van der Waals surface area (Å²) >= 11 is 6.12. The quantitative estimate of drug-likeness (QED) is 0.313. The Morgan fingerprint density at radius 1 is 0.757 bits per heavy atom. The highest BCUT2D eigenvalue weighted by molar-refractivity contribution is 6.30. The third-order valence-electron chi connectivity index (χ3n) is 7.18. The number of para-hydroxylation sites is 2. The van der Waals surface area contributed by atoms with Gasteiger partial charge in [-0.1, -0.05) is 84.4 Å². The predicted molar refractivity (Wildman–Crippen MR) is 148 cm³/mol. The van der Waals surface area contributed by atoms with Crippen LogP contribution in [0.4, 0.5) is 11.4 Å². The minimum Gasteiger partial charge on any atom is -0.357 e. The first kappa shape index (κ1) is 23.3. The molecule has 2 aliphatic rings. The molecule has 4 aromatic rings. The van der Waals surface area contributed by atoms with E-state index in [9.17, 15) is 9.59 Å². The Kier molecular flexibility index (Phi) is 6.11. The Balaban J connectivity index is 1.55. The normalized spacial score (nSPS) is 18.9. The average molecular weight is 505 g/mol. The Labute approximate surface area is 221 Å². The second kappa shape index (κ2) is 9.72. The zero-order chi connectivity index (χ0) is 25.4. The number of carbonyl (C=O) groups is 2. The number of benzene rings is 4. The molecule has 0 unspecified atom stereocenters. The van der Waals surface area contributed by atoms with E-state index in [1.54, 1.807) is 4.90 Å². The molecule has 0 bridgehead atoms. The molecular formula is C32H25ClN2O2. The molecule has 1 heterocycles. The molecule has 182 valence electrons. The summed E-state index contributed by atoms with van der Waals surface area (Å²) in [6, 6.07) is 34.1. The van der Waals surface area contributed by atoms with Crippen molar-refractivity contribution >= 4 is 34.7 Å². The SMILES string of the molecule is O=C1C[C@H](c2ccc(Cl)cc2)CC2=C1[C@H](c1ccccc1)N(C(=O)c1ccccc1)c1ccccc1N2. The fraction of sp³-hybridized carbons (Fsp3) is 0.125. The van der Waals surface area contributed by atoms with Gasteiger partial charge in [0.2, 0.25) is 0 Å². The van der Waals surface area contributed by atoms with Crippen LogP contribution in [0.1, 0.15) is 46.3 Å². The van der Waals surface area contributed by atoms with E-state index in [2.05, 4.69) is 5.32 Å². The van der Waals surface area contributed by atoms with E-state index in [0.717, 1.165) is 28.2 Å². The molecule has 0 fully saturated rings. The van der Waals surface area contributed by atoms with Gasteiger partial charge in [0.25, 0.3) is 5.91 Å². The van der Waals surface area contributed by atoms with Crippen molar-refractivity contribution in [1.82, 2.24) is 0 Å². The highest BCUT2D eigenvalue weighted by Gasteiger charge is 2.41. The number of amides is 1. The summed E-state index contributed by atoms with van der Waals surface area (Å²) in [7, 11) is 0. The summed E-state index contributed by atoms with van der Waals surface area (Å²) in [5.41, 5.74) is 5.62. The predicted octanol–water partition coefficient (Wildman–Crippen LogP) is 7.55. The fourth-order valence-electron chi connectivity index (χ4n) is 5.45. The van der Waals surface area contributed by atoms with Gasteiger partial charge in [-0.05, 0) is 59.9 Å². The molecule has 0 radical (unpaired) electrons. The second-order valence-corrected chi connectivity index (χ2v) is 9.91. The molecule has 4 aromatic carbocycles. The van der Waals surface area contributed by atoms with E-state index in [0.29, 0.717) is 29.0 Å². The lowest BCUT2D eigenvalue weighted by molar-refractivity contribution is -0.116.